The lowest BCUT2D eigenvalue weighted by molar-refractivity contribution is 0.397. The lowest BCUT2D eigenvalue weighted by atomic mass is 10.1. The van der Waals surface area contributed by atoms with Crippen molar-refractivity contribution in [2.24, 2.45) is 0 Å². The Morgan fingerprint density at radius 3 is 2.90 bits per heavy atom. The fraction of sp³-hybridized carbons (Fsp3) is 0.0769. The maximum absolute atomic E-state index is 13.8. The van der Waals surface area contributed by atoms with E-state index in [1.807, 2.05) is 0 Å². The molecule has 0 aliphatic carbocycles. The molecule has 2 aromatic heterocycles. The summed E-state index contributed by atoms with van der Waals surface area (Å²) in [6.07, 6.45) is 1.31. The summed E-state index contributed by atoms with van der Waals surface area (Å²) in [4.78, 5) is 12.0. The summed E-state index contributed by atoms with van der Waals surface area (Å²) in [5.74, 6) is -0.00578. The first-order chi connectivity index (χ1) is 10.2. The van der Waals surface area contributed by atoms with Gasteiger partial charge >= 0.3 is 0 Å². The second-order valence-electron chi connectivity index (χ2n) is 4.07. The van der Waals surface area contributed by atoms with Crippen LogP contribution in [-0.4, -0.2) is 27.2 Å². The van der Waals surface area contributed by atoms with Crippen molar-refractivity contribution in [2.75, 3.05) is 12.8 Å². The van der Waals surface area contributed by atoms with Crippen LogP contribution < -0.4 is 10.5 Å². The number of anilines is 1. The Labute approximate surface area is 118 Å². The maximum atomic E-state index is 13.8. The fourth-order valence-corrected chi connectivity index (χ4v) is 1.77. The maximum Gasteiger partial charge on any atom is 0.263 e. The van der Waals surface area contributed by atoms with E-state index in [4.69, 9.17) is 15.0 Å². The standard InChI is InChI=1S/C13H10FN5O2/c1-20-10-5-9(16-6-17-10)12-18-13(21-19-12)11-7(14)3-2-4-8(11)15/h2-6H,15H2,1H3. The molecule has 0 saturated heterocycles. The predicted octanol–water partition coefficient (Wildman–Crippen LogP) is 1.92. The van der Waals surface area contributed by atoms with Crippen LogP contribution in [0, 0.1) is 5.82 Å². The number of hydrogen-bond donors (Lipinski definition) is 1. The van der Waals surface area contributed by atoms with Gasteiger partial charge in [0, 0.05) is 11.8 Å². The van der Waals surface area contributed by atoms with Crippen molar-refractivity contribution >= 4 is 5.69 Å². The van der Waals surface area contributed by atoms with Crippen LogP contribution in [-0.2, 0) is 0 Å². The molecule has 3 rings (SSSR count). The Balaban J connectivity index is 2.04. The number of nitrogen functional groups attached to an aromatic ring is 1. The van der Waals surface area contributed by atoms with Crippen LogP contribution in [0.4, 0.5) is 10.1 Å². The van der Waals surface area contributed by atoms with E-state index >= 15 is 0 Å². The third kappa shape index (κ3) is 2.38. The summed E-state index contributed by atoms with van der Waals surface area (Å²) >= 11 is 0. The molecule has 3 aromatic rings. The largest absolute Gasteiger partial charge is 0.481 e. The van der Waals surface area contributed by atoms with E-state index in [9.17, 15) is 4.39 Å². The van der Waals surface area contributed by atoms with Crippen LogP contribution in [0.25, 0.3) is 23.0 Å². The van der Waals surface area contributed by atoms with Crippen molar-refractivity contribution in [3.63, 3.8) is 0 Å². The smallest absolute Gasteiger partial charge is 0.263 e. The minimum Gasteiger partial charge on any atom is -0.481 e. The molecule has 0 amide bonds. The van der Waals surface area contributed by atoms with Crippen LogP contribution in [0.15, 0.2) is 35.1 Å². The van der Waals surface area contributed by atoms with Gasteiger partial charge in [-0.05, 0) is 12.1 Å². The molecule has 0 fully saturated rings. The van der Waals surface area contributed by atoms with Crippen molar-refractivity contribution in [2.45, 2.75) is 0 Å². The summed E-state index contributed by atoms with van der Waals surface area (Å²) in [6.45, 7) is 0. The third-order valence-electron chi connectivity index (χ3n) is 2.77. The van der Waals surface area contributed by atoms with Gasteiger partial charge in [-0.1, -0.05) is 11.2 Å². The number of benzene rings is 1. The Morgan fingerprint density at radius 1 is 1.29 bits per heavy atom. The quantitative estimate of drug-likeness (QED) is 0.734. The molecule has 21 heavy (non-hydrogen) atoms. The fourth-order valence-electron chi connectivity index (χ4n) is 1.77. The number of ether oxygens (including phenoxy) is 1. The normalized spacial score (nSPS) is 10.6. The van der Waals surface area contributed by atoms with Crippen molar-refractivity contribution in [1.82, 2.24) is 20.1 Å². The van der Waals surface area contributed by atoms with E-state index in [1.165, 1.54) is 25.6 Å². The Morgan fingerprint density at radius 2 is 2.14 bits per heavy atom. The van der Waals surface area contributed by atoms with Crippen LogP contribution in [0.5, 0.6) is 5.88 Å². The zero-order valence-electron chi connectivity index (χ0n) is 10.9. The summed E-state index contributed by atoms with van der Waals surface area (Å²) in [7, 11) is 1.48. The molecule has 0 atom stereocenters. The average molecular weight is 287 g/mol. The van der Waals surface area contributed by atoms with Gasteiger partial charge in [0.05, 0.1) is 12.7 Å². The SMILES string of the molecule is COc1cc(-c2noc(-c3c(N)cccc3F)n2)ncn1. The number of halogens is 1. The molecular weight excluding hydrogens is 277 g/mol. The number of nitrogens with zero attached hydrogens (tertiary/aromatic N) is 4. The molecule has 0 saturated carbocycles. The predicted molar refractivity (Wildman–Crippen MR) is 71.7 cm³/mol. The molecule has 0 aliphatic rings. The molecule has 0 aliphatic heterocycles. The average Bonchev–Trinajstić information content (AvgIpc) is 2.97. The monoisotopic (exact) mass is 287 g/mol. The highest BCUT2D eigenvalue weighted by Crippen LogP contribution is 2.29. The van der Waals surface area contributed by atoms with Gasteiger partial charge in [-0.15, -0.1) is 0 Å². The first-order valence-corrected chi connectivity index (χ1v) is 5.93. The van der Waals surface area contributed by atoms with Gasteiger partial charge in [-0.3, -0.25) is 0 Å². The van der Waals surface area contributed by atoms with E-state index < -0.39 is 5.82 Å². The number of aromatic nitrogens is 4. The molecule has 0 spiro atoms. The van der Waals surface area contributed by atoms with E-state index in [0.717, 1.165) is 0 Å². The first kappa shape index (κ1) is 13.0. The highest BCUT2D eigenvalue weighted by Gasteiger charge is 2.18. The van der Waals surface area contributed by atoms with E-state index in [0.29, 0.717) is 11.6 Å². The first-order valence-electron chi connectivity index (χ1n) is 5.93. The summed E-state index contributed by atoms with van der Waals surface area (Å²) in [5, 5.41) is 3.77. The van der Waals surface area contributed by atoms with Gasteiger partial charge < -0.3 is 15.0 Å². The molecular formula is C13H10FN5O2. The lowest BCUT2D eigenvalue weighted by Crippen LogP contribution is -1.94. The Bertz CT molecular complexity index is 769. The highest BCUT2D eigenvalue weighted by molar-refractivity contribution is 5.71. The molecule has 8 heteroatoms. The molecule has 7 nitrogen and oxygen atoms in total. The van der Waals surface area contributed by atoms with Gasteiger partial charge in [-0.25, -0.2) is 14.4 Å². The summed E-state index contributed by atoms with van der Waals surface area (Å²) in [6, 6.07) is 5.86. The minimum atomic E-state index is -0.537. The summed E-state index contributed by atoms with van der Waals surface area (Å²) in [5.41, 5.74) is 6.41. The van der Waals surface area contributed by atoms with Gasteiger partial charge in [0.25, 0.3) is 5.89 Å². The van der Waals surface area contributed by atoms with Gasteiger partial charge in [0.15, 0.2) is 0 Å². The van der Waals surface area contributed by atoms with Crippen molar-refractivity contribution in [1.29, 1.82) is 0 Å². The molecule has 0 bridgehead atoms. The molecule has 0 radical (unpaired) electrons. The minimum absolute atomic E-state index is 0.0156. The lowest BCUT2D eigenvalue weighted by Gasteiger charge is -2.00. The second kappa shape index (κ2) is 5.16. The number of methoxy groups -OCH3 is 1. The van der Waals surface area contributed by atoms with Crippen LogP contribution in [0.2, 0.25) is 0 Å². The van der Waals surface area contributed by atoms with Crippen LogP contribution in [0.3, 0.4) is 0 Å². The zero-order valence-corrected chi connectivity index (χ0v) is 10.9. The van der Waals surface area contributed by atoms with E-state index in [-0.39, 0.29) is 23.0 Å². The van der Waals surface area contributed by atoms with Gasteiger partial charge in [0.1, 0.15) is 17.8 Å². The molecule has 2 N–H and O–H groups in total. The molecule has 106 valence electrons. The molecule has 1 aromatic carbocycles. The van der Waals surface area contributed by atoms with Crippen LogP contribution >= 0.6 is 0 Å². The number of hydrogen-bond acceptors (Lipinski definition) is 7. The third-order valence-corrected chi connectivity index (χ3v) is 2.77. The van der Waals surface area contributed by atoms with Gasteiger partial charge in [0.2, 0.25) is 11.7 Å². The van der Waals surface area contributed by atoms with E-state index in [2.05, 4.69) is 20.1 Å². The van der Waals surface area contributed by atoms with E-state index in [1.54, 1.807) is 12.1 Å². The molecule has 2 heterocycles. The molecule has 0 unspecified atom stereocenters. The Hall–Kier alpha value is -3.03. The van der Waals surface area contributed by atoms with Crippen molar-refractivity contribution in [3.05, 3.63) is 36.4 Å². The highest BCUT2D eigenvalue weighted by atomic mass is 19.1. The summed E-state index contributed by atoms with van der Waals surface area (Å²) < 4.78 is 23.9. The second-order valence-corrected chi connectivity index (χ2v) is 4.07. The van der Waals surface area contributed by atoms with Gasteiger partial charge in [-0.2, -0.15) is 4.98 Å². The number of rotatable bonds is 3. The van der Waals surface area contributed by atoms with Crippen molar-refractivity contribution in [3.8, 4) is 28.9 Å². The number of nitrogens with two attached hydrogens (primary N) is 1. The van der Waals surface area contributed by atoms with Crippen LogP contribution in [0.1, 0.15) is 0 Å². The Kier molecular flexibility index (Phi) is 3.19. The van der Waals surface area contributed by atoms with Crippen molar-refractivity contribution < 1.29 is 13.7 Å². The zero-order chi connectivity index (χ0) is 14.8. The topological polar surface area (TPSA) is 100.0 Å².